The summed E-state index contributed by atoms with van der Waals surface area (Å²) in [5.41, 5.74) is 10.8. The molecule has 3 nitrogen and oxygen atoms in total. The molecule has 3 heteroatoms. The lowest BCUT2D eigenvalue weighted by Gasteiger charge is -2.25. The van der Waals surface area contributed by atoms with E-state index in [0.29, 0.717) is 0 Å². The number of fused-ring (bicyclic) bond motifs is 9. The first-order valence-corrected chi connectivity index (χ1v) is 18.1. The standard InChI is InChI=1S/C50H32N2O/c1-3-15-36(16-4-1)51(38-25-23-33-13-7-8-14-34(33)29-38)39-26-28-44-48(31-39)53-49-32-45(40-19-9-10-21-43(40)50(44)49)35-24-27-42-41-20-11-12-22-46(41)52(47(42)30-35)37-17-5-2-6-18-37/h1-32H. The number of benzene rings is 9. The third-order valence-electron chi connectivity index (χ3n) is 10.7. The van der Waals surface area contributed by atoms with E-state index >= 15 is 0 Å². The van der Waals surface area contributed by atoms with Crippen molar-refractivity contribution in [3.63, 3.8) is 0 Å². The fraction of sp³-hybridized carbons (Fsp3) is 0. The van der Waals surface area contributed by atoms with Gasteiger partial charge in [0.05, 0.1) is 11.0 Å². The molecular formula is C50H32N2O. The van der Waals surface area contributed by atoms with E-state index < -0.39 is 0 Å². The number of rotatable bonds is 5. The summed E-state index contributed by atoms with van der Waals surface area (Å²) < 4.78 is 9.23. The molecule has 9 aromatic carbocycles. The molecule has 0 aliphatic heterocycles. The van der Waals surface area contributed by atoms with Gasteiger partial charge in [0.2, 0.25) is 0 Å². The van der Waals surface area contributed by atoms with E-state index in [1.54, 1.807) is 0 Å². The van der Waals surface area contributed by atoms with Crippen molar-refractivity contribution in [2.75, 3.05) is 4.90 Å². The maximum Gasteiger partial charge on any atom is 0.137 e. The average Bonchev–Trinajstić information content (AvgIpc) is 3.76. The number of hydrogen-bond acceptors (Lipinski definition) is 2. The molecule has 2 aromatic heterocycles. The molecule has 0 aliphatic rings. The Morgan fingerprint density at radius 3 is 1.87 bits per heavy atom. The third kappa shape index (κ3) is 4.68. The quantitative estimate of drug-likeness (QED) is 0.181. The summed E-state index contributed by atoms with van der Waals surface area (Å²) in [5.74, 6) is 0. The SMILES string of the molecule is c1ccc(N(c2ccc3ccccc3c2)c2ccc3c(c2)oc2cc(-c4ccc5c6ccccc6n(-c6ccccc6)c5c4)c4ccccc4c23)cc1. The van der Waals surface area contributed by atoms with Gasteiger partial charge in [-0.15, -0.1) is 0 Å². The lowest BCUT2D eigenvalue weighted by Crippen LogP contribution is -2.09. The second-order valence-corrected chi connectivity index (χ2v) is 13.7. The van der Waals surface area contributed by atoms with Crippen LogP contribution in [0, 0.1) is 0 Å². The first-order chi connectivity index (χ1) is 26.3. The lowest BCUT2D eigenvalue weighted by atomic mass is 9.94. The van der Waals surface area contributed by atoms with Crippen molar-refractivity contribution in [3.05, 3.63) is 194 Å². The second-order valence-electron chi connectivity index (χ2n) is 13.7. The van der Waals surface area contributed by atoms with E-state index in [4.69, 9.17) is 4.42 Å². The highest BCUT2D eigenvalue weighted by Gasteiger charge is 2.20. The van der Waals surface area contributed by atoms with Gasteiger partial charge in [-0.25, -0.2) is 0 Å². The molecule has 0 saturated heterocycles. The monoisotopic (exact) mass is 676 g/mol. The van der Waals surface area contributed by atoms with Crippen LogP contribution in [0.5, 0.6) is 0 Å². The molecular weight excluding hydrogens is 645 g/mol. The molecule has 0 bridgehead atoms. The lowest BCUT2D eigenvalue weighted by molar-refractivity contribution is 0.669. The number of aromatic nitrogens is 1. The van der Waals surface area contributed by atoms with Crippen LogP contribution >= 0.6 is 0 Å². The van der Waals surface area contributed by atoms with Gasteiger partial charge in [0.15, 0.2) is 0 Å². The highest BCUT2D eigenvalue weighted by Crippen LogP contribution is 2.44. The van der Waals surface area contributed by atoms with Gasteiger partial charge in [-0.2, -0.15) is 0 Å². The molecule has 0 fully saturated rings. The Hall–Kier alpha value is -7.10. The minimum absolute atomic E-state index is 0.862. The fourth-order valence-corrected chi connectivity index (χ4v) is 8.34. The van der Waals surface area contributed by atoms with Gasteiger partial charge in [-0.3, -0.25) is 0 Å². The summed E-state index contributed by atoms with van der Waals surface area (Å²) >= 11 is 0. The number of furan rings is 1. The summed E-state index contributed by atoms with van der Waals surface area (Å²) in [6.45, 7) is 0. The van der Waals surface area contributed by atoms with Crippen LogP contribution in [-0.4, -0.2) is 4.57 Å². The van der Waals surface area contributed by atoms with E-state index in [-0.39, 0.29) is 0 Å². The largest absolute Gasteiger partial charge is 0.456 e. The number of nitrogens with zero attached hydrogens (tertiary/aromatic N) is 2. The Bertz CT molecular complexity index is 3170. The van der Waals surface area contributed by atoms with Crippen LogP contribution in [0.25, 0.3) is 82.1 Å². The summed E-state index contributed by atoms with van der Waals surface area (Å²) in [6, 6.07) is 69.6. The van der Waals surface area contributed by atoms with Crippen molar-refractivity contribution >= 4 is 82.4 Å². The van der Waals surface area contributed by atoms with Gasteiger partial charge >= 0.3 is 0 Å². The minimum Gasteiger partial charge on any atom is -0.456 e. The Morgan fingerprint density at radius 2 is 1.02 bits per heavy atom. The summed E-state index contributed by atoms with van der Waals surface area (Å²) in [4.78, 5) is 2.31. The van der Waals surface area contributed by atoms with Crippen LogP contribution in [0.15, 0.2) is 199 Å². The van der Waals surface area contributed by atoms with Crippen molar-refractivity contribution in [3.8, 4) is 16.8 Å². The molecule has 0 unspecified atom stereocenters. The molecule has 0 amide bonds. The zero-order chi connectivity index (χ0) is 34.9. The number of para-hydroxylation sites is 3. The van der Waals surface area contributed by atoms with E-state index in [0.717, 1.165) is 55.8 Å². The van der Waals surface area contributed by atoms with Crippen LogP contribution in [0.2, 0.25) is 0 Å². The van der Waals surface area contributed by atoms with Crippen molar-refractivity contribution < 1.29 is 4.42 Å². The van der Waals surface area contributed by atoms with Gasteiger partial charge in [0, 0.05) is 50.4 Å². The molecule has 2 heterocycles. The Labute approximate surface area is 306 Å². The van der Waals surface area contributed by atoms with Gasteiger partial charge in [-0.1, -0.05) is 121 Å². The first-order valence-electron chi connectivity index (χ1n) is 18.1. The molecule has 0 saturated carbocycles. The molecule has 0 radical (unpaired) electrons. The molecule has 0 spiro atoms. The number of anilines is 3. The number of hydrogen-bond donors (Lipinski definition) is 0. The third-order valence-corrected chi connectivity index (χ3v) is 10.7. The van der Waals surface area contributed by atoms with Crippen LogP contribution in [0.4, 0.5) is 17.1 Å². The van der Waals surface area contributed by atoms with Gasteiger partial charge < -0.3 is 13.9 Å². The topological polar surface area (TPSA) is 21.3 Å². The summed E-state index contributed by atoms with van der Waals surface area (Å²) in [7, 11) is 0. The van der Waals surface area contributed by atoms with E-state index in [9.17, 15) is 0 Å². The maximum absolute atomic E-state index is 6.85. The Morgan fingerprint density at radius 1 is 0.377 bits per heavy atom. The van der Waals surface area contributed by atoms with Crippen LogP contribution in [0.3, 0.4) is 0 Å². The van der Waals surface area contributed by atoms with Crippen molar-refractivity contribution in [1.29, 1.82) is 0 Å². The van der Waals surface area contributed by atoms with Crippen LogP contribution < -0.4 is 4.90 Å². The zero-order valence-electron chi connectivity index (χ0n) is 28.8. The highest BCUT2D eigenvalue weighted by molar-refractivity contribution is 6.23. The van der Waals surface area contributed by atoms with Crippen molar-refractivity contribution in [1.82, 2.24) is 4.57 Å². The van der Waals surface area contributed by atoms with Gasteiger partial charge in [-0.05, 0) is 99.4 Å². The maximum atomic E-state index is 6.85. The normalized spacial score (nSPS) is 11.8. The van der Waals surface area contributed by atoms with Crippen molar-refractivity contribution in [2.45, 2.75) is 0 Å². The smallest absolute Gasteiger partial charge is 0.137 e. The van der Waals surface area contributed by atoms with E-state index in [1.165, 1.54) is 43.4 Å². The molecule has 248 valence electrons. The Kier molecular flexibility index (Phi) is 6.55. The highest BCUT2D eigenvalue weighted by atomic mass is 16.3. The molecule has 0 N–H and O–H groups in total. The first kappa shape index (κ1) is 29.6. The van der Waals surface area contributed by atoms with E-state index in [2.05, 4.69) is 204 Å². The van der Waals surface area contributed by atoms with Crippen LogP contribution in [-0.2, 0) is 0 Å². The van der Waals surface area contributed by atoms with E-state index in [1.807, 2.05) is 0 Å². The predicted octanol–water partition coefficient (Wildman–Crippen LogP) is 14.1. The summed E-state index contributed by atoms with van der Waals surface area (Å²) in [6.07, 6.45) is 0. The molecule has 53 heavy (non-hydrogen) atoms. The molecule has 11 rings (SSSR count). The molecule has 0 aliphatic carbocycles. The van der Waals surface area contributed by atoms with Crippen LogP contribution in [0.1, 0.15) is 0 Å². The summed E-state index contributed by atoms with van der Waals surface area (Å²) in [5, 5.41) is 9.56. The second kappa shape index (κ2) is 11.7. The zero-order valence-corrected chi connectivity index (χ0v) is 28.8. The molecule has 11 aromatic rings. The predicted molar refractivity (Wildman–Crippen MR) is 223 cm³/mol. The van der Waals surface area contributed by atoms with Crippen molar-refractivity contribution in [2.24, 2.45) is 0 Å². The van der Waals surface area contributed by atoms with Gasteiger partial charge in [0.1, 0.15) is 11.2 Å². The molecule has 0 atom stereocenters. The average molecular weight is 677 g/mol. The fourth-order valence-electron chi connectivity index (χ4n) is 8.34. The Balaban J connectivity index is 1.11. The minimum atomic E-state index is 0.862. The van der Waals surface area contributed by atoms with Gasteiger partial charge in [0.25, 0.3) is 0 Å².